The Labute approximate surface area is 84.6 Å². The number of carbonyl (C=O) groups excluding carboxylic acids is 1. The fraction of sp³-hybridized carbons (Fsp3) is 0.250. The number of hydrogen-bond acceptors (Lipinski definition) is 1. The third-order valence-corrected chi connectivity index (χ3v) is 1.88. The molecule has 0 saturated heterocycles. The fourth-order valence-electron chi connectivity index (χ4n) is 1.16. The van der Waals surface area contributed by atoms with E-state index in [4.69, 9.17) is 0 Å². The van der Waals surface area contributed by atoms with E-state index in [1.54, 1.807) is 0 Å². The lowest BCUT2D eigenvalue weighted by Gasteiger charge is -2.01. The second-order valence-corrected chi connectivity index (χ2v) is 3.10. The van der Waals surface area contributed by atoms with Gasteiger partial charge >= 0.3 is 0 Å². The van der Waals surface area contributed by atoms with Crippen molar-refractivity contribution in [1.82, 2.24) is 5.32 Å². The van der Waals surface area contributed by atoms with Gasteiger partial charge in [0.25, 0.3) is 0 Å². The number of hydrogen-bond donors (Lipinski definition) is 1. The summed E-state index contributed by atoms with van der Waals surface area (Å²) in [4.78, 5) is 11.4. The van der Waals surface area contributed by atoms with Gasteiger partial charge in [0.1, 0.15) is 0 Å². The Hall–Kier alpha value is -1.57. The summed E-state index contributed by atoms with van der Waals surface area (Å²) in [6.45, 7) is 4.39. The van der Waals surface area contributed by atoms with Gasteiger partial charge in [-0.05, 0) is 25.5 Å². The average Bonchev–Trinajstić information content (AvgIpc) is 2.19. The van der Waals surface area contributed by atoms with E-state index < -0.39 is 0 Å². The number of amides is 1. The third kappa shape index (κ3) is 3.05. The van der Waals surface area contributed by atoms with Gasteiger partial charge in [0.05, 0.1) is 0 Å². The predicted molar refractivity (Wildman–Crippen MR) is 58.8 cm³/mol. The highest BCUT2D eigenvalue weighted by Gasteiger charge is 2.00. The molecule has 2 heteroatoms. The molecule has 0 aliphatic rings. The van der Waals surface area contributed by atoms with Crippen LogP contribution < -0.4 is 5.32 Å². The number of carbonyl (C=O) groups is 1. The standard InChI is InChI=1S/C12H15NO/c1-3-13-12(14)10(2)9-11-7-5-4-6-8-11/h4-9H,3H2,1-2H3,(H,13,14). The molecule has 0 fully saturated rings. The van der Waals surface area contributed by atoms with Gasteiger partial charge in [-0.1, -0.05) is 30.3 Å². The lowest BCUT2D eigenvalue weighted by Crippen LogP contribution is -2.23. The van der Waals surface area contributed by atoms with E-state index in [1.807, 2.05) is 50.3 Å². The van der Waals surface area contributed by atoms with Gasteiger partial charge in [0, 0.05) is 12.1 Å². The fourth-order valence-corrected chi connectivity index (χ4v) is 1.16. The highest BCUT2D eigenvalue weighted by molar-refractivity contribution is 5.97. The molecule has 1 rings (SSSR count). The maximum absolute atomic E-state index is 11.4. The van der Waals surface area contributed by atoms with Crippen LogP contribution in [0.3, 0.4) is 0 Å². The molecule has 2 nitrogen and oxygen atoms in total. The van der Waals surface area contributed by atoms with E-state index >= 15 is 0 Å². The highest BCUT2D eigenvalue weighted by Crippen LogP contribution is 2.05. The van der Waals surface area contributed by atoms with Crippen molar-refractivity contribution in [2.75, 3.05) is 6.54 Å². The molecule has 0 spiro atoms. The monoisotopic (exact) mass is 189 g/mol. The smallest absolute Gasteiger partial charge is 0.246 e. The van der Waals surface area contributed by atoms with Crippen molar-refractivity contribution in [2.24, 2.45) is 0 Å². The Morgan fingerprint density at radius 1 is 1.36 bits per heavy atom. The van der Waals surface area contributed by atoms with E-state index in [0.717, 1.165) is 11.1 Å². The van der Waals surface area contributed by atoms with E-state index in [0.29, 0.717) is 6.54 Å². The van der Waals surface area contributed by atoms with Crippen molar-refractivity contribution in [2.45, 2.75) is 13.8 Å². The molecule has 0 atom stereocenters. The third-order valence-electron chi connectivity index (χ3n) is 1.88. The minimum absolute atomic E-state index is 0.00338. The van der Waals surface area contributed by atoms with E-state index in [1.165, 1.54) is 0 Å². The van der Waals surface area contributed by atoms with Crippen LogP contribution in [-0.4, -0.2) is 12.5 Å². The van der Waals surface area contributed by atoms with Crippen LogP contribution in [0, 0.1) is 0 Å². The molecule has 0 bridgehead atoms. The summed E-state index contributed by atoms with van der Waals surface area (Å²) in [5, 5.41) is 2.76. The molecule has 0 heterocycles. The molecule has 1 amide bonds. The van der Waals surface area contributed by atoms with Crippen LogP contribution in [0.5, 0.6) is 0 Å². The average molecular weight is 189 g/mol. The lowest BCUT2D eigenvalue weighted by molar-refractivity contribution is -0.117. The Balaban J connectivity index is 2.74. The maximum atomic E-state index is 11.4. The van der Waals surface area contributed by atoms with Crippen LogP contribution in [0.25, 0.3) is 6.08 Å². The molecule has 0 aliphatic heterocycles. The number of likely N-dealkylation sites (N-methyl/N-ethyl adjacent to an activating group) is 1. The van der Waals surface area contributed by atoms with Gasteiger partial charge in [-0.2, -0.15) is 0 Å². The summed E-state index contributed by atoms with van der Waals surface area (Å²) in [6.07, 6.45) is 1.88. The summed E-state index contributed by atoms with van der Waals surface area (Å²) >= 11 is 0. The maximum Gasteiger partial charge on any atom is 0.246 e. The largest absolute Gasteiger partial charge is 0.353 e. The predicted octanol–water partition coefficient (Wildman–Crippen LogP) is 2.23. The summed E-state index contributed by atoms with van der Waals surface area (Å²) in [5.74, 6) is -0.00338. The second-order valence-electron chi connectivity index (χ2n) is 3.10. The highest BCUT2D eigenvalue weighted by atomic mass is 16.1. The van der Waals surface area contributed by atoms with Crippen LogP contribution in [0.15, 0.2) is 35.9 Å². The molecule has 1 aromatic rings. The Kier molecular flexibility index (Phi) is 3.92. The van der Waals surface area contributed by atoms with Gasteiger partial charge in [0.2, 0.25) is 5.91 Å². The van der Waals surface area contributed by atoms with Crippen molar-refractivity contribution in [3.05, 3.63) is 41.5 Å². The second kappa shape index (κ2) is 5.22. The molecule has 0 unspecified atom stereocenters. The van der Waals surface area contributed by atoms with Gasteiger partial charge in [-0.25, -0.2) is 0 Å². The zero-order valence-electron chi connectivity index (χ0n) is 8.58. The number of benzene rings is 1. The van der Waals surface area contributed by atoms with E-state index in [2.05, 4.69) is 5.32 Å². The van der Waals surface area contributed by atoms with Gasteiger partial charge in [0.15, 0.2) is 0 Å². The molecule has 74 valence electrons. The first-order valence-corrected chi connectivity index (χ1v) is 4.75. The van der Waals surface area contributed by atoms with Crippen molar-refractivity contribution < 1.29 is 4.79 Å². The summed E-state index contributed by atoms with van der Waals surface area (Å²) in [7, 11) is 0. The number of rotatable bonds is 3. The topological polar surface area (TPSA) is 29.1 Å². The first kappa shape index (κ1) is 10.5. The molecular weight excluding hydrogens is 174 g/mol. The Morgan fingerprint density at radius 3 is 2.57 bits per heavy atom. The van der Waals surface area contributed by atoms with Crippen LogP contribution in [0.2, 0.25) is 0 Å². The van der Waals surface area contributed by atoms with E-state index in [-0.39, 0.29) is 5.91 Å². The van der Waals surface area contributed by atoms with Crippen LogP contribution in [0.1, 0.15) is 19.4 Å². The molecule has 14 heavy (non-hydrogen) atoms. The van der Waals surface area contributed by atoms with Gasteiger partial charge < -0.3 is 5.32 Å². The normalized spacial score (nSPS) is 11.1. The molecule has 0 saturated carbocycles. The Morgan fingerprint density at radius 2 is 2.00 bits per heavy atom. The molecule has 0 aromatic heterocycles. The molecule has 1 aromatic carbocycles. The zero-order chi connectivity index (χ0) is 10.4. The molecular formula is C12H15NO. The Bertz CT molecular complexity index is 327. The lowest BCUT2D eigenvalue weighted by atomic mass is 10.1. The molecule has 0 radical (unpaired) electrons. The van der Waals surface area contributed by atoms with Crippen LogP contribution >= 0.6 is 0 Å². The van der Waals surface area contributed by atoms with Gasteiger partial charge in [-0.15, -0.1) is 0 Å². The van der Waals surface area contributed by atoms with E-state index in [9.17, 15) is 4.79 Å². The van der Waals surface area contributed by atoms with Crippen molar-refractivity contribution in [3.8, 4) is 0 Å². The minimum Gasteiger partial charge on any atom is -0.353 e. The van der Waals surface area contributed by atoms with Crippen LogP contribution in [0.4, 0.5) is 0 Å². The summed E-state index contributed by atoms with van der Waals surface area (Å²) in [6, 6.07) is 9.82. The van der Waals surface area contributed by atoms with Gasteiger partial charge in [-0.3, -0.25) is 4.79 Å². The van der Waals surface area contributed by atoms with Crippen molar-refractivity contribution in [1.29, 1.82) is 0 Å². The zero-order valence-corrected chi connectivity index (χ0v) is 8.58. The minimum atomic E-state index is -0.00338. The summed E-state index contributed by atoms with van der Waals surface area (Å²) < 4.78 is 0. The van der Waals surface area contributed by atoms with Crippen LogP contribution in [-0.2, 0) is 4.79 Å². The number of nitrogens with one attached hydrogen (secondary N) is 1. The first-order chi connectivity index (χ1) is 6.74. The molecule has 0 aliphatic carbocycles. The SMILES string of the molecule is CCNC(=O)C(C)=Cc1ccccc1. The van der Waals surface area contributed by atoms with Crippen molar-refractivity contribution >= 4 is 12.0 Å². The first-order valence-electron chi connectivity index (χ1n) is 4.75. The molecule has 1 N–H and O–H groups in total. The summed E-state index contributed by atoms with van der Waals surface area (Å²) in [5.41, 5.74) is 1.79. The van der Waals surface area contributed by atoms with Crippen molar-refractivity contribution in [3.63, 3.8) is 0 Å². The quantitative estimate of drug-likeness (QED) is 0.726.